The van der Waals surface area contributed by atoms with Gasteiger partial charge in [0.1, 0.15) is 19.7 Å². The number of hydrogen-bond acceptors (Lipinski definition) is 6. The van der Waals surface area contributed by atoms with Gasteiger partial charge in [-0.2, -0.15) is 0 Å². The molecule has 4 aromatic rings. The predicted molar refractivity (Wildman–Crippen MR) is 164 cm³/mol. The zero-order valence-electron chi connectivity index (χ0n) is 24.3. The number of nitrogens with one attached hydrogen (secondary N) is 1. The van der Waals surface area contributed by atoms with Crippen LogP contribution in [0.15, 0.2) is 109 Å². The number of nitrogens with two attached hydrogens (primary N) is 1. The molecule has 0 bridgehead atoms. The first-order valence-electron chi connectivity index (χ1n) is 14.6. The van der Waals surface area contributed by atoms with Crippen LogP contribution in [-0.2, 0) is 16.1 Å². The molecule has 4 rings (SSSR count). The molecule has 7 heteroatoms. The summed E-state index contributed by atoms with van der Waals surface area (Å²) in [6.45, 7) is 5.39. The molecule has 42 heavy (non-hydrogen) atoms. The van der Waals surface area contributed by atoms with Gasteiger partial charge in [-0.25, -0.2) is 9.78 Å². The second-order valence-corrected chi connectivity index (χ2v) is 10.2. The fourth-order valence-corrected chi connectivity index (χ4v) is 4.85. The van der Waals surface area contributed by atoms with Gasteiger partial charge in [0.25, 0.3) is 0 Å². The third kappa shape index (κ3) is 9.01. The highest BCUT2D eigenvalue weighted by Crippen LogP contribution is 2.25. The van der Waals surface area contributed by atoms with Crippen LogP contribution in [0.3, 0.4) is 0 Å². The van der Waals surface area contributed by atoms with Gasteiger partial charge in [0, 0.05) is 35.0 Å². The summed E-state index contributed by atoms with van der Waals surface area (Å²) < 4.78 is 12.1. The summed E-state index contributed by atoms with van der Waals surface area (Å²) in [6.07, 6.45) is 3.03. The number of quaternary nitrogens is 1. The van der Waals surface area contributed by atoms with Crippen LogP contribution in [0.5, 0.6) is 5.88 Å². The Balaban J connectivity index is 1.46. The van der Waals surface area contributed by atoms with Gasteiger partial charge in [0.15, 0.2) is 12.1 Å². The van der Waals surface area contributed by atoms with Crippen LogP contribution >= 0.6 is 0 Å². The Bertz CT molecular complexity index is 1360. The molecule has 0 aliphatic heterocycles. The summed E-state index contributed by atoms with van der Waals surface area (Å²) >= 11 is 0. The lowest BCUT2D eigenvalue weighted by molar-refractivity contribution is -0.650. The van der Waals surface area contributed by atoms with Crippen LogP contribution in [0.2, 0.25) is 0 Å². The van der Waals surface area contributed by atoms with Crippen molar-refractivity contribution in [3.05, 3.63) is 126 Å². The summed E-state index contributed by atoms with van der Waals surface area (Å²) in [7, 11) is 0. The second-order valence-electron chi connectivity index (χ2n) is 10.2. The summed E-state index contributed by atoms with van der Waals surface area (Å²) in [5.41, 5.74) is 3.19. The van der Waals surface area contributed by atoms with Crippen LogP contribution in [0.1, 0.15) is 54.2 Å². The Morgan fingerprint density at radius 1 is 0.833 bits per heavy atom. The van der Waals surface area contributed by atoms with Crippen molar-refractivity contribution in [3.8, 4) is 5.88 Å². The maximum atomic E-state index is 13.8. The van der Waals surface area contributed by atoms with Crippen LogP contribution in [-0.4, -0.2) is 35.9 Å². The number of ketones is 1. The van der Waals surface area contributed by atoms with E-state index >= 15 is 0 Å². The van der Waals surface area contributed by atoms with Gasteiger partial charge in [-0.15, -0.1) is 0 Å². The largest absolute Gasteiger partial charge is 0.473 e. The van der Waals surface area contributed by atoms with E-state index in [1.165, 1.54) is 0 Å². The van der Waals surface area contributed by atoms with Crippen molar-refractivity contribution in [2.45, 2.75) is 45.4 Å². The lowest BCUT2D eigenvalue weighted by atomic mass is 9.96. The molecule has 0 aliphatic carbocycles. The zero-order valence-corrected chi connectivity index (χ0v) is 24.3. The molecule has 1 unspecified atom stereocenters. The van der Waals surface area contributed by atoms with E-state index in [2.05, 4.69) is 24.1 Å². The zero-order chi connectivity index (χ0) is 29.6. The summed E-state index contributed by atoms with van der Waals surface area (Å²) in [5, 5.41) is 5.27. The molecule has 0 fully saturated rings. The highest BCUT2D eigenvalue weighted by atomic mass is 16.5. The summed E-state index contributed by atoms with van der Waals surface area (Å²) in [4.78, 5) is 30.9. The van der Waals surface area contributed by atoms with Crippen molar-refractivity contribution in [2.75, 3.05) is 18.4 Å². The van der Waals surface area contributed by atoms with E-state index in [4.69, 9.17) is 9.47 Å². The maximum Gasteiger partial charge on any atom is 0.333 e. The monoisotopic (exact) mass is 566 g/mol. The van der Waals surface area contributed by atoms with Crippen molar-refractivity contribution in [3.63, 3.8) is 0 Å². The molecule has 1 heterocycles. The highest BCUT2D eigenvalue weighted by Gasteiger charge is 2.30. The molecule has 3 aromatic carbocycles. The number of anilines is 1. The number of hydrogen-bond donors (Lipinski definition) is 2. The lowest BCUT2D eigenvalue weighted by Gasteiger charge is -2.27. The minimum Gasteiger partial charge on any atom is -0.473 e. The molecule has 0 saturated heterocycles. The van der Waals surface area contributed by atoms with E-state index < -0.39 is 12.0 Å². The minimum absolute atomic E-state index is 0.0505. The standard InChI is InChI=1S/C35H39N3O4/c1-3-27(4-2)32(24-36-23-31(39)28-16-10-6-11-17-28)42-35(40)34(38-30-18-12-7-13-19-30)29-20-21-33(37-22-29)41-25-26-14-8-5-9-15-26/h5-22,27,32,34,36,38H,3-4,23-25H2,1-2H3/p+1/t32?,34-/m1/s1. The van der Waals surface area contributed by atoms with Crippen LogP contribution in [0.25, 0.3) is 0 Å². The van der Waals surface area contributed by atoms with Gasteiger partial charge in [0.2, 0.25) is 11.7 Å². The Morgan fingerprint density at radius 2 is 1.48 bits per heavy atom. The normalized spacial score (nSPS) is 12.4. The molecule has 7 nitrogen and oxygen atoms in total. The van der Waals surface area contributed by atoms with Crippen molar-refractivity contribution < 1.29 is 24.4 Å². The topological polar surface area (TPSA) is 94.1 Å². The second kappa shape index (κ2) is 16.1. The Labute approximate surface area is 248 Å². The Hall–Kier alpha value is -4.49. The van der Waals surface area contributed by atoms with Crippen LogP contribution in [0.4, 0.5) is 5.69 Å². The smallest absolute Gasteiger partial charge is 0.333 e. The van der Waals surface area contributed by atoms with E-state index in [1.54, 1.807) is 12.3 Å². The molecular weight excluding hydrogens is 526 g/mol. The number of rotatable bonds is 16. The molecule has 2 atom stereocenters. The van der Waals surface area contributed by atoms with Crippen molar-refractivity contribution in [2.24, 2.45) is 5.92 Å². The van der Waals surface area contributed by atoms with Gasteiger partial charge in [-0.1, -0.05) is 92.7 Å². The number of ether oxygens (including phenoxy) is 2. The Kier molecular flexibility index (Phi) is 11.7. The average Bonchev–Trinajstić information content (AvgIpc) is 3.04. The number of benzene rings is 3. The molecule has 0 radical (unpaired) electrons. The van der Waals surface area contributed by atoms with E-state index in [9.17, 15) is 9.59 Å². The van der Waals surface area contributed by atoms with Crippen molar-refractivity contribution >= 4 is 17.4 Å². The van der Waals surface area contributed by atoms with Crippen molar-refractivity contribution in [1.29, 1.82) is 0 Å². The number of para-hydroxylation sites is 1. The van der Waals surface area contributed by atoms with Crippen LogP contribution < -0.4 is 15.4 Å². The summed E-state index contributed by atoms with van der Waals surface area (Å²) in [5.74, 6) is 0.302. The van der Waals surface area contributed by atoms with Gasteiger partial charge in [0.05, 0.1) is 0 Å². The number of aromatic nitrogens is 1. The number of nitrogens with zero attached hydrogens (tertiary/aromatic N) is 1. The van der Waals surface area contributed by atoms with E-state index in [1.807, 2.05) is 102 Å². The number of carbonyl (C=O) groups excluding carboxylic acids is 2. The van der Waals surface area contributed by atoms with Crippen LogP contribution in [0, 0.1) is 5.92 Å². The molecule has 218 valence electrons. The third-order valence-electron chi connectivity index (χ3n) is 7.31. The Morgan fingerprint density at radius 3 is 2.10 bits per heavy atom. The molecule has 0 saturated carbocycles. The van der Waals surface area contributed by atoms with E-state index in [0.717, 1.165) is 24.1 Å². The lowest BCUT2D eigenvalue weighted by Crippen LogP contribution is -2.88. The first kappa shape index (κ1) is 30.5. The predicted octanol–water partition coefficient (Wildman–Crippen LogP) is 5.61. The fourth-order valence-electron chi connectivity index (χ4n) is 4.85. The third-order valence-corrected chi connectivity index (χ3v) is 7.31. The van der Waals surface area contributed by atoms with Gasteiger partial charge in [-0.3, -0.25) is 4.79 Å². The first-order chi connectivity index (χ1) is 20.6. The number of Topliss-reactive ketones (excluding diaryl/α,β-unsaturated/α-hetero) is 1. The fraction of sp³-hybridized carbons (Fsp3) is 0.286. The molecular formula is C35H40N3O4+. The molecule has 0 amide bonds. The SMILES string of the molecule is CCC(CC)C(C[NH2+]CC(=O)c1ccccc1)OC(=O)[C@H](Nc1ccccc1)c1ccc(OCc2ccccc2)nc1. The van der Waals surface area contributed by atoms with Gasteiger partial charge in [-0.05, 0) is 36.6 Å². The van der Waals surface area contributed by atoms with E-state index in [-0.39, 0.29) is 24.3 Å². The molecule has 3 N–H and O–H groups in total. The molecule has 1 aromatic heterocycles. The van der Waals surface area contributed by atoms with Gasteiger partial charge >= 0.3 is 5.97 Å². The highest BCUT2D eigenvalue weighted by molar-refractivity contribution is 5.96. The molecule has 0 aliphatic rings. The van der Waals surface area contributed by atoms with E-state index in [0.29, 0.717) is 30.2 Å². The van der Waals surface area contributed by atoms with Crippen molar-refractivity contribution in [1.82, 2.24) is 4.98 Å². The average molecular weight is 567 g/mol. The molecule has 0 spiro atoms. The van der Waals surface area contributed by atoms with Gasteiger partial charge < -0.3 is 20.1 Å². The summed E-state index contributed by atoms with van der Waals surface area (Å²) in [6, 6.07) is 31.5. The number of carbonyl (C=O) groups is 2. The minimum atomic E-state index is -0.772. The number of esters is 1. The first-order valence-corrected chi connectivity index (χ1v) is 14.6. The maximum absolute atomic E-state index is 13.8. The quantitative estimate of drug-likeness (QED) is 0.135. The number of pyridine rings is 1.